The quantitative estimate of drug-likeness (QED) is 0.857. The molecule has 0 bridgehead atoms. The Morgan fingerprint density at radius 1 is 1.10 bits per heavy atom. The van der Waals surface area contributed by atoms with Gasteiger partial charge < -0.3 is 14.9 Å². The first-order valence-electron chi connectivity index (χ1n) is 6.75. The first-order chi connectivity index (χ1) is 10.1. The zero-order valence-electron chi connectivity index (χ0n) is 11.8. The number of carboxylic acid groups (broad SMARTS) is 1. The van der Waals surface area contributed by atoms with Crippen molar-refractivity contribution in [1.29, 1.82) is 0 Å². The molecule has 0 radical (unpaired) electrons. The van der Waals surface area contributed by atoms with E-state index in [4.69, 9.17) is 9.84 Å². The lowest BCUT2D eigenvalue weighted by atomic mass is 9.95. The van der Waals surface area contributed by atoms with Crippen molar-refractivity contribution in [2.45, 2.75) is 25.6 Å². The highest BCUT2D eigenvalue weighted by molar-refractivity contribution is 5.73. The number of aliphatic carboxylic acids is 1. The maximum absolute atomic E-state index is 10.8. The second kappa shape index (κ2) is 6.90. The van der Waals surface area contributed by atoms with E-state index in [-0.39, 0.29) is 0 Å². The fraction of sp³-hybridized carbons (Fsp3) is 0.235. The normalized spacial score (nSPS) is 13.4. The van der Waals surface area contributed by atoms with Crippen LogP contribution in [-0.2, 0) is 11.4 Å². The maximum atomic E-state index is 10.8. The van der Waals surface area contributed by atoms with Crippen LogP contribution in [0.4, 0.5) is 0 Å². The van der Waals surface area contributed by atoms with Crippen LogP contribution in [-0.4, -0.2) is 22.3 Å². The fourth-order valence-corrected chi connectivity index (χ4v) is 2.00. The minimum atomic E-state index is -1.40. The molecule has 2 unspecified atom stereocenters. The molecule has 0 aliphatic heterocycles. The molecule has 2 aromatic rings. The second-order valence-electron chi connectivity index (χ2n) is 4.92. The minimum absolute atomic E-state index is 0.467. The number of hydrogen-bond donors (Lipinski definition) is 2. The van der Waals surface area contributed by atoms with E-state index in [1.807, 2.05) is 30.3 Å². The van der Waals surface area contributed by atoms with Gasteiger partial charge in [0, 0.05) is 5.92 Å². The molecule has 0 aliphatic carbocycles. The molecular formula is C17H18O4. The van der Waals surface area contributed by atoms with Crippen LogP contribution in [0.3, 0.4) is 0 Å². The molecule has 0 saturated heterocycles. The van der Waals surface area contributed by atoms with E-state index in [0.717, 1.165) is 11.1 Å². The highest BCUT2D eigenvalue weighted by atomic mass is 16.5. The molecule has 0 aliphatic rings. The molecule has 0 spiro atoms. The predicted molar refractivity (Wildman–Crippen MR) is 79.3 cm³/mol. The highest BCUT2D eigenvalue weighted by Crippen LogP contribution is 2.22. The molecule has 4 heteroatoms. The molecule has 0 heterocycles. The standard InChI is InChI=1S/C17H18O4/c1-12(16(18)17(19)20)14-7-9-15(10-8-14)21-11-13-5-3-2-4-6-13/h2-10,12,16,18H,11H2,1H3,(H,19,20). The third kappa shape index (κ3) is 4.07. The van der Waals surface area contributed by atoms with Gasteiger partial charge in [-0.2, -0.15) is 0 Å². The van der Waals surface area contributed by atoms with Crippen molar-refractivity contribution in [2.75, 3.05) is 0 Å². The zero-order chi connectivity index (χ0) is 15.2. The lowest BCUT2D eigenvalue weighted by Crippen LogP contribution is -2.25. The predicted octanol–water partition coefficient (Wildman–Crippen LogP) is 2.81. The highest BCUT2D eigenvalue weighted by Gasteiger charge is 2.22. The topological polar surface area (TPSA) is 66.8 Å². The van der Waals surface area contributed by atoms with Gasteiger partial charge in [-0.3, -0.25) is 0 Å². The number of aliphatic hydroxyl groups is 1. The van der Waals surface area contributed by atoms with Gasteiger partial charge in [-0.05, 0) is 23.3 Å². The number of hydrogen-bond acceptors (Lipinski definition) is 3. The lowest BCUT2D eigenvalue weighted by molar-refractivity contribution is -0.147. The number of aliphatic hydroxyl groups excluding tert-OH is 1. The van der Waals surface area contributed by atoms with Crippen molar-refractivity contribution in [2.24, 2.45) is 0 Å². The fourth-order valence-electron chi connectivity index (χ4n) is 2.00. The number of ether oxygens (including phenoxy) is 1. The van der Waals surface area contributed by atoms with Crippen LogP contribution in [0, 0.1) is 0 Å². The largest absolute Gasteiger partial charge is 0.489 e. The van der Waals surface area contributed by atoms with Gasteiger partial charge in [0.15, 0.2) is 6.10 Å². The van der Waals surface area contributed by atoms with Crippen LogP contribution in [0.15, 0.2) is 54.6 Å². The molecule has 2 aromatic carbocycles. The summed E-state index contributed by atoms with van der Waals surface area (Å²) in [7, 11) is 0. The van der Waals surface area contributed by atoms with E-state index in [1.54, 1.807) is 31.2 Å². The van der Waals surface area contributed by atoms with Gasteiger partial charge >= 0.3 is 5.97 Å². The monoisotopic (exact) mass is 286 g/mol. The van der Waals surface area contributed by atoms with Gasteiger partial charge in [-0.15, -0.1) is 0 Å². The molecule has 0 amide bonds. The summed E-state index contributed by atoms with van der Waals surface area (Å²) in [5.74, 6) is -0.975. The smallest absolute Gasteiger partial charge is 0.333 e. The van der Waals surface area contributed by atoms with Crippen molar-refractivity contribution in [3.05, 3.63) is 65.7 Å². The Hall–Kier alpha value is -2.33. The number of carbonyl (C=O) groups is 1. The van der Waals surface area contributed by atoms with Crippen LogP contribution in [0.1, 0.15) is 24.0 Å². The maximum Gasteiger partial charge on any atom is 0.333 e. The molecular weight excluding hydrogens is 268 g/mol. The summed E-state index contributed by atoms with van der Waals surface area (Å²) in [6.07, 6.45) is -1.40. The van der Waals surface area contributed by atoms with Crippen LogP contribution >= 0.6 is 0 Å². The third-order valence-corrected chi connectivity index (χ3v) is 3.38. The summed E-state index contributed by atoms with van der Waals surface area (Å²) < 4.78 is 5.66. The average molecular weight is 286 g/mol. The summed E-state index contributed by atoms with van der Waals surface area (Å²) in [6, 6.07) is 16.9. The Bertz CT molecular complexity index is 577. The van der Waals surface area contributed by atoms with E-state index >= 15 is 0 Å². The summed E-state index contributed by atoms with van der Waals surface area (Å²) in [5.41, 5.74) is 1.84. The van der Waals surface area contributed by atoms with Crippen LogP contribution in [0.2, 0.25) is 0 Å². The average Bonchev–Trinajstić information content (AvgIpc) is 2.53. The Labute approximate surface area is 123 Å². The van der Waals surface area contributed by atoms with Gasteiger partial charge in [0.2, 0.25) is 0 Å². The Kier molecular flexibility index (Phi) is 4.95. The van der Waals surface area contributed by atoms with Crippen molar-refractivity contribution in [3.8, 4) is 5.75 Å². The Morgan fingerprint density at radius 3 is 2.29 bits per heavy atom. The third-order valence-electron chi connectivity index (χ3n) is 3.38. The van der Waals surface area contributed by atoms with Gasteiger partial charge in [0.1, 0.15) is 12.4 Å². The van der Waals surface area contributed by atoms with E-state index < -0.39 is 18.0 Å². The lowest BCUT2D eigenvalue weighted by Gasteiger charge is -2.15. The van der Waals surface area contributed by atoms with E-state index in [1.165, 1.54) is 0 Å². The molecule has 0 aromatic heterocycles. The van der Waals surface area contributed by atoms with E-state index in [2.05, 4.69) is 0 Å². The Balaban J connectivity index is 1.97. The van der Waals surface area contributed by atoms with Crippen LogP contribution in [0.5, 0.6) is 5.75 Å². The van der Waals surface area contributed by atoms with Gasteiger partial charge in [-0.25, -0.2) is 4.79 Å². The van der Waals surface area contributed by atoms with Gasteiger partial charge in [0.25, 0.3) is 0 Å². The summed E-state index contributed by atoms with van der Waals surface area (Å²) >= 11 is 0. The first-order valence-corrected chi connectivity index (χ1v) is 6.75. The molecule has 2 N–H and O–H groups in total. The van der Waals surface area contributed by atoms with Crippen LogP contribution < -0.4 is 4.74 Å². The number of carboxylic acids is 1. The molecule has 21 heavy (non-hydrogen) atoms. The molecule has 0 fully saturated rings. The van der Waals surface area contributed by atoms with E-state index in [0.29, 0.717) is 12.4 Å². The summed E-state index contributed by atoms with van der Waals surface area (Å²) in [6.45, 7) is 2.16. The van der Waals surface area contributed by atoms with Gasteiger partial charge in [-0.1, -0.05) is 49.4 Å². The minimum Gasteiger partial charge on any atom is -0.489 e. The van der Waals surface area contributed by atoms with Crippen LogP contribution in [0.25, 0.3) is 0 Å². The second-order valence-corrected chi connectivity index (χ2v) is 4.92. The van der Waals surface area contributed by atoms with Crippen molar-refractivity contribution >= 4 is 5.97 Å². The summed E-state index contributed by atoms with van der Waals surface area (Å²) in [4.78, 5) is 10.8. The van der Waals surface area contributed by atoms with Crippen molar-refractivity contribution in [1.82, 2.24) is 0 Å². The van der Waals surface area contributed by atoms with Crippen molar-refractivity contribution in [3.63, 3.8) is 0 Å². The molecule has 2 rings (SSSR count). The molecule has 0 saturated carbocycles. The first kappa shape index (κ1) is 15.1. The molecule has 2 atom stereocenters. The zero-order valence-corrected chi connectivity index (χ0v) is 11.8. The molecule has 110 valence electrons. The Morgan fingerprint density at radius 2 is 1.71 bits per heavy atom. The molecule has 4 nitrogen and oxygen atoms in total. The number of rotatable bonds is 6. The number of benzene rings is 2. The van der Waals surface area contributed by atoms with Crippen molar-refractivity contribution < 1.29 is 19.7 Å². The van der Waals surface area contributed by atoms with E-state index in [9.17, 15) is 9.90 Å². The SMILES string of the molecule is CC(c1ccc(OCc2ccccc2)cc1)C(O)C(=O)O. The van der Waals surface area contributed by atoms with Gasteiger partial charge in [0.05, 0.1) is 0 Å². The summed E-state index contributed by atoms with van der Waals surface area (Å²) in [5, 5.41) is 18.3.